The number of hydrogen-bond donors (Lipinski definition) is 0. The molecule has 494 valence electrons. The number of fused-ring (bicyclic) bond motifs is 6. The van der Waals surface area contributed by atoms with Crippen LogP contribution in [0.25, 0.3) is 144 Å². The van der Waals surface area contributed by atoms with Gasteiger partial charge in [0.15, 0.2) is 0 Å². The summed E-state index contributed by atoms with van der Waals surface area (Å²) in [4.78, 5) is 19.0. The van der Waals surface area contributed by atoms with Crippen LogP contribution >= 0.6 is 11.6 Å². The lowest BCUT2D eigenvalue weighted by atomic mass is 9.77. The molecule has 1 saturated heterocycles. The molecule has 6 nitrogen and oxygen atoms in total. The van der Waals surface area contributed by atoms with Crippen molar-refractivity contribution >= 4 is 67.8 Å². The second-order valence-electron chi connectivity index (χ2n) is 27.4. The SMILES string of the molecule is CC1(C)OB(c2cccc(-c3cc(-c4ccccc4)c(-c4ccccc4)cc3-c3ccccc3)c2)OC1(C)C.Cc1ccc2ccc3c(-c4cccc(-c5cc(-c6ccccc6)c(-c6ccccc6)cc5-c5ccccc5)c4)cc(C)nc3c2n1.Cc1ccc2ccc3c(Cl)cc(C)nc3c2n1. The number of nitrogens with zero attached hydrogens (tertiary/aromatic N) is 4. The summed E-state index contributed by atoms with van der Waals surface area (Å²) < 4.78 is 12.8. The molecule has 12 aromatic carbocycles. The normalized spacial score (nSPS) is 13.0. The molecule has 0 bridgehead atoms. The van der Waals surface area contributed by atoms with Crippen molar-refractivity contribution in [1.29, 1.82) is 0 Å². The lowest BCUT2D eigenvalue weighted by Gasteiger charge is -2.32. The average molecular weight is 1340 g/mol. The van der Waals surface area contributed by atoms with Gasteiger partial charge >= 0.3 is 7.12 Å². The van der Waals surface area contributed by atoms with E-state index in [4.69, 9.17) is 30.9 Å². The highest BCUT2D eigenvalue weighted by molar-refractivity contribution is 6.62. The predicted molar refractivity (Wildman–Crippen MR) is 429 cm³/mol. The summed E-state index contributed by atoms with van der Waals surface area (Å²) in [6.45, 7) is 16.4. The van der Waals surface area contributed by atoms with Crippen LogP contribution in [0, 0.1) is 27.7 Å². The Kier molecular flexibility index (Phi) is 18.4. The maximum Gasteiger partial charge on any atom is 0.494 e. The molecular formula is C94H76BClN4O2. The molecular weight excluding hydrogens is 1260 g/mol. The first-order valence-corrected chi connectivity index (χ1v) is 35.2. The van der Waals surface area contributed by atoms with Crippen molar-refractivity contribution < 1.29 is 9.31 Å². The molecule has 4 aromatic heterocycles. The van der Waals surface area contributed by atoms with E-state index in [1.807, 2.05) is 45.0 Å². The van der Waals surface area contributed by atoms with Gasteiger partial charge in [0.25, 0.3) is 0 Å². The number of benzene rings is 12. The Balaban J connectivity index is 0.000000135. The van der Waals surface area contributed by atoms with E-state index < -0.39 is 7.12 Å². The number of rotatable bonds is 10. The van der Waals surface area contributed by atoms with Crippen molar-refractivity contribution in [3.63, 3.8) is 0 Å². The minimum atomic E-state index is -0.410. The Bertz CT molecular complexity index is 5740. The molecule has 102 heavy (non-hydrogen) atoms. The zero-order valence-electron chi connectivity index (χ0n) is 58.6. The zero-order chi connectivity index (χ0) is 70.1. The van der Waals surface area contributed by atoms with Crippen LogP contribution in [-0.2, 0) is 9.31 Å². The van der Waals surface area contributed by atoms with Gasteiger partial charge in [-0.2, -0.15) is 0 Å². The molecule has 0 amide bonds. The fraction of sp³-hybridized carbons (Fsp3) is 0.106. The highest BCUT2D eigenvalue weighted by atomic mass is 35.5. The summed E-state index contributed by atoms with van der Waals surface area (Å²) in [5.41, 5.74) is 29.3. The van der Waals surface area contributed by atoms with Gasteiger partial charge < -0.3 is 9.31 Å². The molecule has 0 saturated carbocycles. The Labute approximate surface area is 603 Å². The monoisotopic (exact) mass is 1340 g/mol. The molecule has 1 fully saturated rings. The highest BCUT2D eigenvalue weighted by Gasteiger charge is 2.51. The molecule has 0 atom stereocenters. The number of aryl methyl sites for hydroxylation is 4. The summed E-state index contributed by atoms with van der Waals surface area (Å²) in [5.74, 6) is 0. The predicted octanol–water partition coefficient (Wildman–Crippen LogP) is 24.4. The molecule has 0 aliphatic carbocycles. The van der Waals surface area contributed by atoms with E-state index in [1.165, 1.54) is 89.0 Å². The largest absolute Gasteiger partial charge is 0.494 e. The van der Waals surface area contributed by atoms with Crippen LogP contribution < -0.4 is 5.46 Å². The van der Waals surface area contributed by atoms with Gasteiger partial charge in [0.2, 0.25) is 0 Å². The van der Waals surface area contributed by atoms with Gasteiger partial charge in [-0.1, -0.05) is 272 Å². The van der Waals surface area contributed by atoms with Crippen LogP contribution in [0.2, 0.25) is 5.02 Å². The van der Waals surface area contributed by atoms with Crippen LogP contribution in [0.15, 0.2) is 315 Å². The summed E-state index contributed by atoms with van der Waals surface area (Å²) in [7, 11) is -0.410. The molecule has 1 aliphatic heterocycles. The maximum atomic E-state index is 6.40. The van der Waals surface area contributed by atoms with Crippen LogP contribution in [0.5, 0.6) is 0 Å². The number of hydrogen-bond acceptors (Lipinski definition) is 6. The third kappa shape index (κ3) is 13.6. The molecule has 0 N–H and O–H groups in total. The molecule has 16 aromatic rings. The van der Waals surface area contributed by atoms with E-state index >= 15 is 0 Å². The summed E-state index contributed by atoms with van der Waals surface area (Å²) in [6, 6.07) is 112. The van der Waals surface area contributed by atoms with Gasteiger partial charge in [-0.25, -0.2) is 0 Å². The van der Waals surface area contributed by atoms with Crippen molar-refractivity contribution in [3.8, 4) is 100 Å². The topological polar surface area (TPSA) is 70.0 Å². The first kappa shape index (κ1) is 66.4. The fourth-order valence-corrected chi connectivity index (χ4v) is 14.2. The van der Waals surface area contributed by atoms with Crippen LogP contribution in [-0.4, -0.2) is 38.3 Å². The smallest absolute Gasteiger partial charge is 0.399 e. The standard InChI is InChI=1S/C44H32N2.C36H33BO2.C14H11ClN2/c1-29-21-22-34-23-24-37-38(25-30(2)46-44(37)43(34)45-29)35-19-12-20-36(26-35)42-28-40(32-15-8-4-9-16-32)39(31-13-6-3-7-14-31)27-41(42)33-17-10-5-11-18-33;1-35(2)36(3,4)39-37(38-35)30-22-14-21-29(23-30)34-25-32(27-17-10-6-11-18-27)31(26-15-8-5-9-16-26)24-33(34)28-19-12-7-13-20-28;1-8-3-4-10-5-6-11-12(15)7-9(2)17-14(11)13(10)16-8/h3-28H,1-2H3;5-25H,1-4H3;3-7H,1-2H3. The first-order valence-electron chi connectivity index (χ1n) is 34.9. The van der Waals surface area contributed by atoms with E-state index in [0.717, 1.165) is 88.0 Å². The second-order valence-corrected chi connectivity index (χ2v) is 27.8. The highest BCUT2D eigenvalue weighted by Crippen LogP contribution is 2.46. The van der Waals surface area contributed by atoms with Crippen LogP contribution in [0.1, 0.15) is 50.5 Å². The number of pyridine rings is 4. The molecule has 17 rings (SSSR count). The van der Waals surface area contributed by atoms with Gasteiger partial charge in [0, 0.05) is 44.3 Å². The van der Waals surface area contributed by atoms with E-state index in [9.17, 15) is 0 Å². The maximum absolute atomic E-state index is 6.40. The van der Waals surface area contributed by atoms with E-state index in [-0.39, 0.29) is 11.2 Å². The van der Waals surface area contributed by atoms with Gasteiger partial charge in [0.1, 0.15) is 0 Å². The Morgan fingerprint density at radius 1 is 0.255 bits per heavy atom. The summed E-state index contributed by atoms with van der Waals surface area (Å²) in [6.07, 6.45) is 0. The minimum Gasteiger partial charge on any atom is -0.399 e. The average Bonchev–Trinajstić information content (AvgIpc) is 0.927. The number of aromatic nitrogens is 4. The lowest BCUT2D eigenvalue weighted by Crippen LogP contribution is -2.41. The van der Waals surface area contributed by atoms with Gasteiger partial charge in [-0.3, -0.25) is 19.9 Å². The lowest BCUT2D eigenvalue weighted by molar-refractivity contribution is 0.00578. The summed E-state index contributed by atoms with van der Waals surface area (Å²) in [5, 5.41) is 5.01. The van der Waals surface area contributed by atoms with Gasteiger partial charge in [-0.15, -0.1) is 0 Å². The third-order valence-electron chi connectivity index (χ3n) is 19.8. The molecule has 5 heterocycles. The second kappa shape index (κ2) is 28.3. The van der Waals surface area contributed by atoms with Crippen LogP contribution in [0.4, 0.5) is 0 Å². The van der Waals surface area contributed by atoms with Crippen molar-refractivity contribution in [1.82, 2.24) is 19.9 Å². The van der Waals surface area contributed by atoms with Gasteiger partial charge in [0.05, 0.1) is 38.3 Å². The first-order chi connectivity index (χ1) is 49.6. The number of halogens is 1. The molecule has 1 aliphatic rings. The molecule has 0 unspecified atom stereocenters. The fourth-order valence-electron chi connectivity index (χ4n) is 13.9. The zero-order valence-corrected chi connectivity index (χ0v) is 59.3. The Morgan fingerprint density at radius 2 is 0.549 bits per heavy atom. The Hall–Kier alpha value is -11.4. The molecule has 0 spiro atoms. The van der Waals surface area contributed by atoms with Crippen LogP contribution in [0.3, 0.4) is 0 Å². The third-order valence-corrected chi connectivity index (χ3v) is 20.1. The molecule has 0 radical (unpaired) electrons. The van der Waals surface area contributed by atoms with Crippen molar-refractivity contribution in [3.05, 3.63) is 343 Å². The summed E-state index contributed by atoms with van der Waals surface area (Å²) >= 11 is 6.23. The molecule has 8 heteroatoms. The van der Waals surface area contributed by atoms with Gasteiger partial charge in [-0.05, 0) is 216 Å². The van der Waals surface area contributed by atoms with Crippen molar-refractivity contribution in [2.24, 2.45) is 0 Å². The Morgan fingerprint density at radius 3 is 0.941 bits per heavy atom. The van der Waals surface area contributed by atoms with E-state index in [0.29, 0.717) is 0 Å². The minimum absolute atomic E-state index is 0.388. The quantitative estimate of drug-likeness (QED) is 0.100. The van der Waals surface area contributed by atoms with Crippen molar-refractivity contribution in [2.45, 2.75) is 66.6 Å². The van der Waals surface area contributed by atoms with E-state index in [1.54, 1.807) is 0 Å². The van der Waals surface area contributed by atoms with E-state index in [2.05, 4.69) is 336 Å². The van der Waals surface area contributed by atoms with Crippen molar-refractivity contribution in [2.75, 3.05) is 0 Å².